The molecule has 0 fully saturated rings. The topological polar surface area (TPSA) is 51.2 Å². The van der Waals surface area contributed by atoms with Crippen LogP contribution in [0.4, 0.5) is 0 Å². The molecule has 1 aromatic carbocycles. The van der Waals surface area contributed by atoms with E-state index in [0.29, 0.717) is 13.2 Å². The second kappa shape index (κ2) is 18.5. The Balaban J connectivity index is 2.16. The smallest absolute Gasteiger partial charge is 0.331 e. The van der Waals surface area contributed by atoms with E-state index in [4.69, 9.17) is 9.47 Å². The van der Waals surface area contributed by atoms with Gasteiger partial charge in [0.05, 0.1) is 26.0 Å². The molecular weight excluding hydrogens is 488 g/mol. The lowest BCUT2D eigenvalue weighted by atomic mass is 9.90. The van der Waals surface area contributed by atoms with Gasteiger partial charge < -0.3 is 24.0 Å². The third-order valence-electron chi connectivity index (χ3n) is 6.81. The van der Waals surface area contributed by atoms with Gasteiger partial charge in [-0.15, -0.1) is 0 Å². The number of carbonyl (C=O) groups is 1. The molecule has 0 amide bonds. The monoisotopic (exact) mass is 538 g/mol. The van der Waals surface area contributed by atoms with E-state index in [2.05, 4.69) is 79.4 Å². The number of aryl methyl sites for hydroxylation is 2. The summed E-state index contributed by atoms with van der Waals surface area (Å²) in [5.74, 6) is 0.666. The van der Waals surface area contributed by atoms with E-state index < -0.39 is 0 Å². The van der Waals surface area contributed by atoms with Gasteiger partial charge in [-0.3, -0.25) is 0 Å². The highest BCUT2D eigenvalue weighted by atomic mass is 16.6. The maximum Gasteiger partial charge on any atom is 0.331 e. The second-order valence-corrected chi connectivity index (χ2v) is 10.4. The minimum atomic E-state index is -0.386. The first-order valence-corrected chi connectivity index (χ1v) is 14.3. The summed E-state index contributed by atoms with van der Waals surface area (Å²) in [6, 6.07) is 6.84. The Labute approximate surface area is 237 Å². The Kier molecular flexibility index (Phi) is 15.3. The molecule has 0 saturated heterocycles. The molecule has 1 atom stereocenters. The van der Waals surface area contributed by atoms with Crippen LogP contribution in [-0.2, 0) is 25.4 Å². The predicted octanol–water partition coefficient (Wildman–Crippen LogP) is 6.18. The summed E-state index contributed by atoms with van der Waals surface area (Å²) in [6.45, 7) is 12.3. The van der Waals surface area contributed by atoms with Gasteiger partial charge in [0.15, 0.2) is 0 Å². The molecule has 6 heteroatoms. The third kappa shape index (κ3) is 11.8. The van der Waals surface area contributed by atoms with Gasteiger partial charge in [0.2, 0.25) is 0 Å². The molecule has 0 spiro atoms. The van der Waals surface area contributed by atoms with Crippen LogP contribution in [0.15, 0.2) is 66.6 Å². The number of hydrogen-bond acceptors (Lipinski definition) is 6. The van der Waals surface area contributed by atoms with E-state index in [1.807, 2.05) is 18.2 Å². The summed E-state index contributed by atoms with van der Waals surface area (Å²) in [7, 11) is 5.57. The molecule has 0 aliphatic carbocycles. The number of esters is 1. The molecule has 0 saturated carbocycles. The van der Waals surface area contributed by atoms with Gasteiger partial charge in [0.25, 0.3) is 0 Å². The van der Waals surface area contributed by atoms with Crippen LogP contribution in [0.2, 0.25) is 0 Å². The zero-order chi connectivity index (χ0) is 28.5. The fraction of sp³-hybridized carbons (Fsp3) is 0.545. The number of carbonyl (C=O) groups excluding carboxylic acids is 1. The summed E-state index contributed by atoms with van der Waals surface area (Å²) in [6.07, 6.45) is 16.9. The fourth-order valence-corrected chi connectivity index (χ4v) is 4.78. The van der Waals surface area contributed by atoms with Crippen LogP contribution in [0.25, 0.3) is 0 Å². The van der Waals surface area contributed by atoms with Gasteiger partial charge in [0.1, 0.15) is 12.4 Å². The van der Waals surface area contributed by atoms with Crippen LogP contribution in [0, 0.1) is 6.92 Å². The largest absolute Gasteiger partial charge is 0.491 e. The molecule has 0 bridgehead atoms. The molecule has 1 aromatic rings. The van der Waals surface area contributed by atoms with Crippen LogP contribution in [-0.4, -0.2) is 76.4 Å². The number of hydrogen-bond donors (Lipinski definition) is 0. The van der Waals surface area contributed by atoms with Crippen LogP contribution in [0.1, 0.15) is 61.6 Å². The third-order valence-corrected chi connectivity index (χ3v) is 6.81. The van der Waals surface area contributed by atoms with Crippen molar-refractivity contribution in [1.82, 2.24) is 9.80 Å². The van der Waals surface area contributed by atoms with E-state index in [9.17, 15) is 4.79 Å². The fourth-order valence-electron chi connectivity index (χ4n) is 4.78. The van der Waals surface area contributed by atoms with Crippen molar-refractivity contribution in [3.63, 3.8) is 0 Å². The van der Waals surface area contributed by atoms with Crippen molar-refractivity contribution in [2.24, 2.45) is 0 Å². The van der Waals surface area contributed by atoms with Gasteiger partial charge in [-0.25, -0.2) is 4.79 Å². The SMILES string of the molecule is C=CC1=C(/C=C\COCC(=O)OC)OCC(c2ccc(C)cc2CCC)CN1CCCC/C=C/CCN(C)C. The van der Waals surface area contributed by atoms with Crippen molar-refractivity contribution in [3.8, 4) is 0 Å². The number of unbranched alkanes of at least 4 members (excludes halogenated alkanes) is 2. The molecule has 1 heterocycles. The molecule has 0 N–H and O–H groups in total. The van der Waals surface area contributed by atoms with Crippen LogP contribution >= 0.6 is 0 Å². The first-order chi connectivity index (χ1) is 18.9. The molecule has 1 aliphatic rings. The zero-order valence-corrected chi connectivity index (χ0v) is 24.9. The predicted molar refractivity (Wildman–Crippen MR) is 161 cm³/mol. The number of nitrogens with zero attached hydrogens (tertiary/aromatic N) is 2. The van der Waals surface area contributed by atoms with Crippen molar-refractivity contribution < 1.29 is 19.0 Å². The first-order valence-electron chi connectivity index (χ1n) is 14.3. The maximum atomic E-state index is 11.3. The molecule has 6 nitrogen and oxygen atoms in total. The maximum absolute atomic E-state index is 11.3. The van der Waals surface area contributed by atoms with Gasteiger partial charge in [-0.05, 0) is 76.4 Å². The van der Waals surface area contributed by atoms with Gasteiger partial charge in [-0.2, -0.15) is 0 Å². The number of benzene rings is 1. The minimum Gasteiger partial charge on any atom is -0.491 e. The van der Waals surface area contributed by atoms with E-state index in [-0.39, 0.29) is 18.5 Å². The molecular formula is C33H50N2O4. The van der Waals surface area contributed by atoms with Crippen molar-refractivity contribution in [2.45, 2.75) is 58.3 Å². The second-order valence-electron chi connectivity index (χ2n) is 10.4. The quantitative estimate of drug-likeness (QED) is 0.134. The Morgan fingerprint density at radius 1 is 1.21 bits per heavy atom. The lowest BCUT2D eigenvalue weighted by molar-refractivity contribution is -0.145. The zero-order valence-electron chi connectivity index (χ0n) is 24.9. The van der Waals surface area contributed by atoms with E-state index in [0.717, 1.165) is 69.6 Å². The molecule has 2 rings (SSSR count). The van der Waals surface area contributed by atoms with Crippen molar-refractivity contribution >= 4 is 5.97 Å². The van der Waals surface area contributed by atoms with E-state index >= 15 is 0 Å². The molecule has 0 aromatic heterocycles. The van der Waals surface area contributed by atoms with Gasteiger partial charge >= 0.3 is 5.97 Å². The van der Waals surface area contributed by atoms with Crippen LogP contribution < -0.4 is 0 Å². The average Bonchev–Trinajstić information content (AvgIpc) is 3.08. The lowest BCUT2D eigenvalue weighted by Gasteiger charge is -2.28. The number of rotatable bonds is 17. The van der Waals surface area contributed by atoms with E-state index in [1.54, 1.807) is 0 Å². The number of methoxy groups -OCH3 is 1. The van der Waals surface area contributed by atoms with Gasteiger partial charge in [0, 0.05) is 25.6 Å². The minimum absolute atomic E-state index is 0.0690. The summed E-state index contributed by atoms with van der Waals surface area (Å²) in [5, 5.41) is 0. The Morgan fingerprint density at radius 3 is 2.72 bits per heavy atom. The van der Waals surface area contributed by atoms with Crippen LogP contribution in [0.5, 0.6) is 0 Å². The van der Waals surface area contributed by atoms with Crippen molar-refractivity contribution in [1.29, 1.82) is 0 Å². The van der Waals surface area contributed by atoms with Gasteiger partial charge in [-0.1, -0.05) is 61.9 Å². The molecule has 1 aliphatic heterocycles. The first kappa shape index (κ1) is 32.4. The summed E-state index contributed by atoms with van der Waals surface area (Å²) in [5.41, 5.74) is 5.11. The number of allylic oxidation sites excluding steroid dienone is 3. The highest BCUT2D eigenvalue weighted by Crippen LogP contribution is 2.31. The Hall–Kier alpha value is -2.83. The molecule has 216 valence electrons. The van der Waals surface area contributed by atoms with Crippen molar-refractivity contribution in [3.05, 3.63) is 83.3 Å². The summed E-state index contributed by atoms with van der Waals surface area (Å²) in [4.78, 5) is 16.0. The van der Waals surface area contributed by atoms with Crippen LogP contribution in [0.3, 0.4) is 0 Å². The highest BCUT2D eigenvalue weighted by molar-refractivity contribution is 5.70. The molecule has 39 heavy (non-hydrogen) atoms. The molecule has 0 radical (unpaired) electrons. The Bertz CT molecular complexity index is 980. The lowest BCUT2D eigenvalue weighted by Crippen LogP contribution is -2.29. The van der Waals surface area contributed by atoms with Crippen molar-refractivity contribution in [2.75, 3.05) is 60.7 Å². The summed E-state index contributed by atoms with van der Waals surface area (Å²) >= 11 is 0. The highest BCUT2D eigenvalue weighted by Gasteiger charge is 2.25. The standard InChI is InChI=1S/C33H50N2O4/c1-7-16-28-23-27(3)18-19-30(28)29-24-35(21-14-12-10-9-11-13-20-34(4)5)31(8-2)32(39-25-29)17-15-22-38-26-33(36)37-6/h8-9,11,15,17-19,23,29H,2,7,10,12-14,16,20-22,24-26H2,1,3-6H3/b11-9+,17-15-. The summed E-state index contributed by atoms with van der Waals surface area (Å²) < 4.78 is 16.5. The number of ether oxygens (including phenoxy) is 3. The Morgan fingerprint density at radius 2 is 2.00 bits per heavy atom. The van der Waals surface area contributed by atoms with E-state index in [1.165, 1.54) is 23.8 Å². The average molecular weight is 539 g/mol. The normalized spacial score (nSPS) is 16.3. The molecule has 1 unspecified atom stereocenters.